The summed E-state index contributed by atoms with van der Waals surface area (Å²) in [5, 5.41) is 10.6. The van der Waals surface area contributed by atoms with Gasteiger partial charge in [0.1, 0.15) is 19.3 Å². The van der Waals surface area contributed by atoms with Gasteiger partial charge in [0.05, 0.1) is 26.4 Å². The van der Waals surface area contributed by atoms with Gasteiger partial charge in [-0.2, -0.15) is 0 Å². The molecule has 0 aliphatic carbocycles. The van der Waals surface area contributed by atoms with Crippen molar-refractivity contribution >= 4 is 39.5 Å². The van der Waals surface area contributed by atoms with E-state index in [4.69, 9.17) is 37.0 Å². The fourth-order valence-electron chi connectivity index (χ4n) is 12.2. The van der Waals surface area contributed by atoms with Gasteiger partial charge in [-0.25, -0.2) is 9.13 Å². The van der Waals surface area contributed by atoms with E-state index in [1.54, 1.807) is 0 Å². The van der Waals surface area contributed by atoms with E-state index in [0.29, 0.717) is 25.7 Å². The van der Waals surface area contributed by atoms with Gasteiger partial charge in [-0.3, -0.25) is 37.3 Å². The Kier molecular flexibility index (Phi) is 69.3. The lowest BCUT2D eigenvalue weighted by molar-refractivity contribution is -0.161. The smallest absolute Gasteiger partial charge is 0.462 e. The second-order valence-electron chi connectivity index (χ2n) is 29.4. The topological polar surface area (TPSA) is 237 Å². The molecular weight excluding hydrogens is 1280 g/mol. The first-order chi connectivity index (χ1) is 47.4. The Bertz CT molecular complexity index is 1890. The van der Waals surface area contributed by atoms with E-state index >= 15 is 0 Å². The number of ether oxygens (including phenoxy) is 4. The SMILES string of the molecule is CCCCCCCCCCCCCCC(=O)O[C@H](COC(=O)CCCCCCCCCCCCC)COP(=O)(O)OC[C@H](O)COP(=O)(O)OC[C@@H](COC(=O)CCCCCCCCCCCCCC(C)C)OC(=O)CCCCCCCCCCCCCCCCCCCCC(C)C. The van der Waals surface area contributed by atoms with Crippen molar-refractivity contribution in [1.29, 1.82) is 0 Å². The largest absolute Gasteiger partial charge is 0.472 e. The quantitative estimate of drug-likeness (QED) is 0.0222. The third kappa shape index (κ3) is 72.4. The molecule has 3 N–H and O–H groups in total. The van der Waals surface area contributed by atoms with E-state index in [1.807, 2.05) is 0 Å². The maximum absolute atomic E-state index is 13.1. The third-order valence-corrected chi connectivity index (χ3v) is 20.4. The maximum Gasteiger partial charge on any atom is 0.472 e. The van der Waals surface area contributed by atoms with Crippen molar-refractivity contribution in [2.75, 3.05) is 39.6 Å². The zero-order valence-electron chi connectivity index (χ0n) is 64.1. The lowest BCUT2D eigenvalue weighted by atomic mass is 10.0. The molecule has 0 spiro atoms. The molecule has 0 aliphatic heterocycles. The summed E-state index contributed by atoms with van der Waals surface area (Å²) in [6, 6.07) is 0. The average Bonchev–Trinajstić information content (AvgIpc) is 1.06. The lowest BCUT2D eigenvalue weighted by Crippen LogP contribution is -2.30. The molecule has 0 heterocycles. The third-order valence-electron chi connectivity index (χ3n) is 18.5. The first kappa shape index (κ1) is 96.1. The highest BCUT2D eigenvalue weighted by molar-refractivity contribution is 7.47. The van der Waals surface area contributed by atoms with Crippen LogP contribution in [0.4, 0.5) is 0 Å². The molecule has 0 aromatic rings. The monoisotopic (exact) mass is 1440 g/mol. The van der Waals surface area contributed by atoms with Crippen molar-refractivity contribution in [1.82, 2.24) is 0 Å². The molecule has 0 bridgehead atoms. The molecule has 98 heavy (non-hydrogen) atoms. The van der Waals surface area contributed by atoms with Crippen LogP contribution in [0.25, 0.3) is 0 Å². The Labute approximate surface area is 600 Å². The molecule has 5 atom stereocenters. The number of carbonyl (C=O) groups excluding carboxylic acids is 4. The zero-order valence-corrected chi connectivity index (χ0v) is 65.9. The number of carbonyl (C=O) groups is 4. The van der Waals surface area contributed by atoms with E-state index < -0.39 is 97.5 Å². The predicted octanol–water partition coefficient (Wildman–Crippen LogP) is 23.5. The lowest BCUT2D eigenvalue weighted by Gasteiger charge is -2.21. The Hall–Kier alpha value is -1.94. The highest BCUT2D eigenvalue weighted by atomic mass is 31.2. The minimum absolute atomic E-state index is 0.108. The van der Waals surface area contributed by atoms with Crippen LogP contribution in [-0.2, 0) is 65.4 Å². The summed E-state index contributed by atoms with van der Waals surface area (Å²) in [7, 11) is -9.91. The van der Waals surface area contributed by atoms with Crippen molar-refractivity contribution in [3.05, 3.63) is 0 Å². The van der Waals surface area contributed by atoms with Crippen LogP contribution >= 0.6 is 15.6 Å². The fraction of sp³-hybridized carbons (Fsp3) is 0.949. The molecule has 19 heteroatoms. The molecule has 0 saturated carbocycles. The Morgan fingerprint density at radius 2 is 0.469 bits per heavy atom. The van der Waals surface area contributed by atoms with Crippen LogP contribution in [-0.4, -0.2) is 96.7 Å². The van der Waals surface area contributed by atoms with Crippen molar-refractivity contribution in [2.45, 2.75) is 432 Å². The van der Waals surface area contributed by atoms with Gasteiger partial charge in [-0.15, -0.1) is 0 Å². The number of phosphoric acid groups is 2. The summed E-state index contributed by atoms with van der Waals surface area (Å²) in [4.78, 5) is 72.9. The second-order valence-corrected chi connectivity index (χ2v) is 32.3. The zero-order chi connectivity index (χ0) is 72.1. The molecule has 0 aliphatic rings. The Morgan fingerprint density at radius 3 is 0.694 bits per heavy atom. The van der Waals surface area contributed by atoms with Gasteiger partial charge in [0.2, 0.25) is 0 Å². The van der Waals surface area contributed by atoms with Crippen LogP contribution < -0.4 is 0 Å². The molecule has 17 nitrogen and oxygen atoms in total. The first-order valence-electron chi connectivity index (χ1n) is 41.0. The summed E-state index contributed by atoms with van der Waals surface area (Å²) in [6.45, 7) is 9.66. The number of rotatable bonds is 78. The number of phosphoric ester groups is 2. The average molecular weight is 1440 g/mol. The van der Waals surface area contributed by atoms with Crippen molar-refractivity contribution in [2.24, 2.45) is 11.8 Å². The van der Waals surface area contributed by atoms with Crippen molar-refractivity contribution < 1.29 is 80.2 Å². The minimum atomic E-state index is -4.96. The van der Waals surface area contributed by atoms with E-state index in [1.165, 1.54) is 231 Å². The summed E-state index contributed by atoms with van der Waals surface area (Å²) in [5.74, 6) is -0.519. The van der Waals surface area contributed by atoms with Gasteiger partial charge in [0.15, 0.2) is 12.2 Å². The molecular formula is C79H154O17P2. The van der Waals surface area contributed by atoms with Gasteiger partial charge < -0.3 is 33.8 Å². The number of hydrogen-bond donors (Lipinski definition) is 3. The molecule has 0 fully saturated rings. The van der Waals surface area contributed by atoms with Crippen LogP contribution in [0.3, 0.4) is 0 Å². The number of aliphatic hydroxyl groups is 1. The number of aliphatic hydroxyl groups excluding tert-OH is 1. The molecule has 0 saturated heterocycles. The first-order valence-corrected chi connectivity index (χ1v) is 44.0. The molecule has 0 aromatic carbocycles. The van der Waals surface area contributed by atoms with Crippen LogP contribution in [0.2, 0.25) is 0 Å². The van der Waals surface area contributed by atoms with E-state index in [-0.39, 0.29) is 25.7 Å². The van der Waals surface area contributed by atoms with E-state index in [9.17, 15) is 43.2 Å². The highest BCUT2D eigenvalue weighted by Gasteiger charge is 2.30. The number of hydrogen-bond acceptors (Lipinski definition) is 15. The summed E-state index contributed by atoms with van der Waals surface area (Å²) >= 11 is 0. The number of esters is 4. The van der Waals surface area contributed by atoms with Crippen LogP contribution in [0.1, 0.15) is 414 Å². The Morgan fingerprint density at radius 1 is 0.276 bits per heavy atom. The van der Waals surface area contributed by atoms with Crippen LogP contribution in [0.5, 0.6) is 0 Å². The summed E-state index contributed by atoms with van der Waals surface area (Å²) < 4.78 is 68.6. The van der Waals surface area contributed by atoms with Crippen LogP contribution in [0, 0.1) is 11.8 Å². The molecule has 2 unspecified atom stereocenters. The van der Waals surface area contributed by atoms with Gasteiger partial charge >= 0.3 is 39.5 Å². The van der Waals surface area contributed by atoms with E-state index in [0.717, 1.165) is 102 Å². The molecule has 0 aromatic heterocycles. The fourth-order valence-corrected chi connectivity index (χ4v) is 13.8. The maximum atomic E-state index is 13.1. The number of unbranched alkanes of at least 4 members (excludes halogenated alkanes) is 48. The van der Waals surface area contributed by atoms with Crippen molar-refractivity contribution in [3.8, 4) is 0 Å². The molecule has 0 radical (unpaired) electrons. The van der Waals surface area contributed by atoms with E-state index in [2.05, 4.69) is 41.5 Å². The second kappa shape index (κ2) is 70.7. The van der Waals surface area contributed by atoms with Gasteiger partial charge in [0.25, 0.3) is 0 Å². The standard InChI is InChI=1S/C79H154O17P2/c1-7-9-11-13-15-17-19-32-39-45-51-57-63-78(83)95-74(67-89-76(81)61-55-49-43-37-29-18-16-14-12-10-8-2)69-93-97(85,86)91-65-73(80)66-92-98(87,88)94-70-75(68-90-77(82)62-56-50-44-38-34-28-31-36-42-48-54-60-72(5)6)96-79(84)64-58-52-46-40-33-27-25-23-21-20-22-24-26-30-35-41-47-53-59-71(3)4/h71-75,80H,7-70H2,1-6H3,(H,85,86)(H,87,88)/t73-,74+,75+/m0/s1. The van der Waals surface area contributed by atoms with Crippen molar-refractivity contribution in [3.63, 3.8) is 0 Å². The van der Waals surface area contributed by atoms with Gasteiger partial charge in [0, 0.05) is 25.7 Å². The Balaban J connectivity index is 5.21. The highest BCUT2D eigenvalue weighted by Crippen LogP contribution is 2.45. The van der Waals surface area contributed by atoms with Gasteiger partial charge in [-0.1, -0.05) is 363 Å². The minimum Gasteiger partial charge on any atom is -0.462 e. The van der Waals surface area contributed by atoms with Crippen LogP contribution in [0.15, 0.2) is 0 Å². The predicted molar refractivity (Wildman–Crippen MR) is 400 cm³/mol. The normalized spacial score (nSPS) is 13.9. The molecule has 582 valence electrons. The van der Waals surface area contributed by atoms with Gasteiger partial charge in [-0.05, 0) is 37.5 Å². The molecule has 0 rings (SSSR count). The summed E-state index contributed by atoms with van der Waals surface area (Å²) in [5.41, 5.74) is 0. The summed E-state index contributed by atoms with van der Waals surface area (Å²) in [6.07, 6.45) is 59.6. The molecule has 0 amide bonds.